The van der Waals surface area contributed by atoms with Crippen molar-refractivity contribution in [3.05, 3.63) is 0 Å². The minimum atomic E-state index is 0.803. The van der Waals surface area contributed by atoms with Crippen LogP contribution in [0.1, 0.15) is 33.6 Å². The first kappa shape index (κ1) is 10.6. The molecule has 0 saturated heterocycles. The second-order valence-electron chi connectivity index (χ2n) is 2.91. The van der Waals surface area contributed by atoms with Crippen molar-refractivity contribution in [2.75, 3.05) is 19.6 Å². The van der Waals surface area contributed by atoms with Crippen molar-refractivity contribution in [1.82, 2.24) is 4.90 Å². The first-order valence-corrected chi connectivity index (χ1v) is 4.47. The molecule has 0 aromatic heterocycles. The van der Waals surface area contributed by atoms with Gasteiger partial charge in [0.25, 0.3) is 0 Å². The van der Waals surface area contributed by atoms with Crippen LogP contribution in [0.4, 0.5) is 0 Å². The molecule has 0 fully saturated rings. The van der Waals surface area contributed by atoms with Crippen molar-refractivity contribution in [2.24, 2.45) is 0 Å². The van der Waals surface area contributed by atoms with E-state index in [0.29, 0.717) is 0 Å². The number of rotatable bonds is 6. The molecule has 0 saturated carbocycles. The van der Waals surface area contributed by atoms with E-state index in [1.54, 1.807) is 0 Å². The van der Waals surface area contributed by atoms with Crippen molar-refractivity contribution >= 4 is 5.71 Å². The van der Waals surface area contributed by atoms with Gasteiger partial charge in [-0.3, -0.25) is 0 Å². The van der Waals surface area contributed by atoms with E-state index in [2.05, 4.69) is 18.7 Å². The van der Waals surface area contributed by atoms with Crippen LogP contribution >= 0.6 is 0 Å². The Morgan fingerprint density at radius 3 is 2.18 bits per heavy atom. The van der Waals surface area contributed by atoms with E-state index in [4.69, 9.17) is 5.41 Å². The maximum absolute atomic E-state index is 7.23. The zero-order valence-corrected chi connectivity index (χ0v) is 7.98. The molecule has 0 radical (unpaired) electrons. The lowest BCUT2D eigenvalue weighted by molar-refractivity contribution is 0.302. The maximum Gasteiger partial charge on any atom is 0.00587 e. The SMILES string of the molecule is CCN(CC)CCCC(C)=N. The van der Waals surface area contributed by atoms with E-state index in [-0.39, 0.29) is 0 Å². The molecule has 2 heteroatoms. The van der Waals surface area contributed by atoms with E-state index >= 15 is 0 Å². The van der Waals surface area contributed by atoms with Gasteiger partial charge in [0.1, 0.15) is 0 Å². The Morgan fingerprint density at radius 2 is 1.82 bits per heavy atom. The fraction of sp³-hybridized carbons (Fsp3) is 0.889. The molecule has 11 heavy (non-hydrogen) atoms. The van der Waals surface area contributed by atoms with Gasteiger partial charge in [-0.15, -0.1) is 0 Å². The van der Waals surface area contributed by atoms with Crippen molar-refractivity contribution < 1.29 is 0 Å². The predicted octanol–water partition coefficient (Wildman–Crippen LogP) is 2.15. The van der Waals surface area contributed by atoms with Crippen LogP contribution in [0.15, 0.2) is 0 Å². The van der Waals surface area contributed by atoms with Gasteiger partial charge in [0.2, 0.25) is 0 Å². The number of hydrogen-bond acceptors (Lipinski definition) is 2. The highest BCUT2D eigenvalue weighted by atomic mass is 15.1. The summed E-state index contributed by atoms with van der Waals surface area (Å²) >= 11 is 0. The first-order chi connectivity index (χ1) is 5.20. The topological polar surface area (TPSA) is 27.1 Å². The quantitative estimate of drug-likeness (QED) is 0.586. The highest BCUT2D eigenvalue weighted by Gasteiger charge is 1.97. The van der Waals surface area contributed by atoms with Crippen LogP contribution in [0.5, 0.6) is 0 Å². The summed E-state index contributed by atoms with van der Waals surface area (Å²) in [6.07, 6.45) is 2.09. The Bertz CT molecular complexity index is 106. The Hall–Kier alpha value is -0.370. The molecule has 1 N–H and O–H groups in total. The smallest absolute Gasteiger partial charge is 0.00587 e. The normalized spacial score (nSPS) is 10.5. The minimum Gasteiger partial charge on any atom is -0.310 e. The van der Waals surface area contributed by atoms with Gasteiger partial charge in [-0.05, 0) is 39.4 Å². The summed E-state index contributed by atoms with van der Waals surface area (Å²) in [6, 6.07) is 0. The molecule has 0 amide bonds. The second-order valence-corrected chi connectivity index (χ2v) is 2.91. The molecule has 0 aromatic rings. The van der Waals surface area contributed by atoms with Crippen LogP contribution < -0.4 is 0 Å². The number of nitrogens with one attached hydrogen (secondary N) is 1. The molecule has 0 aliphatic heterocycles. The average Bonchev–Trinajstić information content (AvgIpc) is 1.98. The van der Waals surface area contributed by atoms with Crippen LogP contribution in [0, 0.1) is 5.41 Å². The minimum absolute atomic E-state index is 0.803. The zero-order chi connectivity index (χ0) is 8.69. The molecule has 0 rings (SSSR count). The van der Waals surface area contributed by atoms with E-state index in [1.807, 2.05) is 6.92 Å². The lowest BCUT2D eigenvalue weighted by Crippen LogP contribution is -2.24. The maximum atomic E-state index is 7.23. The molecule has 0 unspecified atom stereocenters. The molecule has 2 nitrogen and oxygen atoms in total. The van der Waals surface area contributed by atoms with Crippen LogP contribution in [-0.4, -0.2) is 30.2 Å². The fourth-order valence-electron chi connectivity index (χ4n) is 1.11. The Kier molecular flexibility index (Phi) is 6.13. The highest BCUT2D eigenvalue weighted by molar-refractivity contribution is 5.78. The fourth-order valence-corrected chi connectivity index (χ4v) is 1.11. The average molecular weight is 156 g/mol. The lowest BCUT2D eigenvalue weighted by Gasteiger charge is -2.17. The van der Waals surface area contributed by atoms with Gasteiger partial charge in [0.05, 0.1) is 0 Å². The van der Waals surface area contributed by atoms with Gasteiger partial charge in [-0.2, -0.15) is 0 Å². The van der Waals surface area contributed by atoms with E-state index in [0.717, 1.165) is 38.2 Å². The molecule has 0 atom stereocenters. The highest BCUT2D eigenvalue weighted by Crippen LogP contribution is 1.95. The van der Waals surface area contributed by atoms with Gasteiger partial charge < -0.3 is 10.3 Å². The summed E-state index contributed by atoms with van der Waals surface area (Å²) in [5.74, 6) is 0. The molecule has 0 aromatic carbocycles. The monoisotopic (exact) mass is 156 g/mol. The van der Waals surface area contributed by atoms with Crippen LogP contribution in [0.2, 0.25) is 0 Å². The third-order valence-electron chi connectivity index (χ3n) is 1.92. The van der Waals surface area contributed by atoms with Crippen molar-refractivity contribution in [1.29, 1.82) is 5.41 Å². The number of nitrogens with zero attached hydrogens (tertiary/aromatic N) is 1. The molecule has 0 spiro atoms. The van der Waals surface area contributed by atoms with E-state index in [9.17, 15) is 0 Å². The Morgan fingerprint density at radius 1 is 1.27 bits per heavy atom. The van der Waals surface area contributed by atoms with Crippen molar-refractivity contribution in [2.45, 2.75) is 33.6 Å². The lowest BCUT2D eigenvalue weighted by atomic mass is 10.2. The zero-order valence-electron chi connectivity index (χ0n) is 7.98. The number of hydrogen-bond donors (Lipinski definition) is 1. The van der Waals surface area contributed by atoms with Crippen molar-refractivity contribution in [3.63, 3.8) is 0 Å². The van der Waals surface area contributed by atoms with Gasteiger partial charge in [-0.25, -0.2) is 0 Å². The molecule has 0 bridgehead atoms. The summed E-state index contributed by atoms with van der Waals surface area (Å²) in [5, 5.41) is 7.23. The van der Waals surface area contributed by atoms with Crippen LogP contribution in [-0.2, 0) is 0 Å². The third kappa shape index (κ3) is 6.05. The third-order valence-corrected chi connectivity index (χ3v) is 1.92. The summed E-state index contributed by atoms with van der Waals surface area (Å²) in [5.41, 5.74) is 0.803. The first-order valence-electron chi connectivity index (χ1n) is 4.47. The summed E-state index contributed by atoms with van der Waals surface area (Å²) in [7, 11) is 0. The van der Waals surface area contributed by atoms with Gasteiger partial charge in [-0.1, -0.05) is 13.8 Å². The molecule has 0 aliphatic rings. The Labute approximate surface area is 70.1 Å². The van der Waals surface area contributed by atoms with Gasteiger partial charge in [0, 0.05) is 5.71 Å². The molecule has 0 aliphatic carbocycles. The van der Waals surface area contributed by atoms with Crippen LogP contribution in [0.3, 0.4) is 0 Å². The van der Waals surface area contributed by atoms with E-state index in [1.165, 1.54) is 0 Å². The molecule has 66 valence electrons. The van der Waals surface area contributed by atoms with Gasteiger partial charge in [0.15, 0.2) is 0 Å². The van der Waals surface area contributed by atoms with Gasteiger partial charge >= 0.3 is 0 Å². The Balaban J connectivity index is 3.28. The predicted molar refractivity (Wildman–Crippen MR) is 50.4 cm³/mol. The van der Waals surface area contributed by atoms with Crippen molar-refractivity contribution in [3.8, 4) is 0 Å². The molecular weight excluding hydrogens is 136 g/mol. The summed E-state index contributed by atoms with van der Waals surface area (Å²) in [4.78, 5) is 2.39. The van der Waals surface area contributed by atoms with Crippen LogP contribution in [0.25, 0.3) is 0 Å². The largest absolute Gasteiger partial charge is 0.310 e. The summed E-state index contributed by atoms with van der Waals surface area (Å²) < 4.78 is 0. The summed E-state index contributed by atoms with van der Waals surface area (Å²) in [6.45, 7) is 9.65. The van der Waals surface area contributed by atoms with E-state index < -0.39 is 0 Å². The standard InChI is InChI=1S/C9H20N2/c1-4-11(5-2)8-6-7-9(3)10/h10H,4-8H2,1-3H3. The molecular formula is C9H20N2. The second kappa shape index (κ2) is 6.35. The molecule has 0 heterocycles.